The second-order valence-corrected chi connectivity index (χ2v) is 5.58. The van der Waals surface area contributed by atoms with Crippen LogP contribution in [-0.4, -0.2) is 22.4 Å². The number of aromatic nitrogens is 2. The second kappa shape index (κ2) is 6.20. The third-order valence-corrected chi connectivity index (χ3v) is 3.00. The Morgan fingerprint density at radius 3 is 2.35 bits per heavy atom. The van der Waals surface area contributed by atoms with Crippen molar-refractivity contribution >= 4 is 0 Å². The van der Waals surface area contributed by atoms with Gasteiger partial charge in [-0.25, -0.2) is 0 Å². The fourth-order valence-electron chi connectivity index (χ4n) is 2.11. The van der Waals surface area contributed by atoms with E-state index in [0.29, 0.717) is 12.0 Å². The van der Waals surface area contributed by atoms with Gasteiger partial charge in [-0.2, -0.15) is 5.10 Å². The molecule has 1 aromatic rings. The molecule has 1 heterocycles. The van der Waals surface area contributed by atoms with Crippen LogP contribution in [0, 0.1) is 19.8 Å². The number of nitrogens with one attached hydrogen (secondary N) is 1. The van der Waals surface area contributed by atoms with E-state index in [-0.39, 0.29) is 0 Å². The molecule has 0 saturated heterocycles. The number of hydrogen-bond acceptors (Lipinski definition) is 2. The molecule has 1 aromatic heterocycles. The van der Waals surface area contributed by atoms with E-state index in [2.05, 4.69) is 56.6 Å². The maximum Gasteiger partial charge on any atom is 0.0628 e. The van der Waals surface area contributed by atoms with Gasteiger partial charge in [-0.3, -0.25) is 4.68 Å². The average Bonchev–Trinajstić information content (AvgIpc) is 2.44. The standard InChI is InChI=1S/C14H27N3/c1-10(2)9-17-13(6)14(12(5)16-17)7-8-15-11(3)4/h10-11,15H,7-9H2,1-6H3. The van der Waals surface area contributed by atoms with E-state index in [1.54, 1.807) is 0 Å². The van der Waals surface area contributed by atoms with E-state index < -0.39 is 0 Å². The summed E-state index contributed by atoms with van der Waals surface area (Å²) in [4.78, 5) is 0. The highest BCUT2D eigenvalue weighted by Crippen LogP contribution is 2.14. The molecule has 0 bridgehead atoms. The SMILES string of the molecule is Cc1nn(CC(C)C)c(C)c1CCNC(C)C. The van der Waals surface area contributed by atoms with Crippen molar-refractivity contribution in [3.63, 3.8) is 0 Å². The van der Waals surface area contributed by atoms with E-state index in [1.807, 2.05) is 0 Å². The van der Waals surface area contributed by atoms with Gasteiger partial charge in [0.25, 0.3) is 0 Å². The molecule has 0 amide bonds. The predicted molar refractivity (Wildman–Crippen MR) is 73.4 cm³/mol. The molecule has 0 radical (unpaired) electrons. The fourth-order valence-corrected chi connectivity index (χ4v) is 2.11. The van der Waals surface area contributed by atoms with Crippen LogP contribution in [0.5, 0.6) is 0 Å². The predicted octanol–water partition coefficient (Wildman–Crippen LogP) is 2.70. The van der Waals surface area contributed by atoms with Crippen molar-refractivity contribution in [3.05, 3.63) is 17.0 Å². The number of aryl methyl sites for hydroxylation is 1. The van der Waals surface area contributed by atoms with Gasteiger partial charge in [0.1, 0.15) is 0 Å². The van der Waals surface area contributed by atoms with Crippen molar-refractivity contribution < 1.29 is 0 Å². The van der Waals surface area contributed by atoms with Crippen LogP contribution < -0.4 is 5.32 Å². The van der Waals surface area contributed by atoms with Crippen molar-refractivity contribution in [2.24, 2.45) is 5.92 Å². The van der Waals surface area contributed by atoms with Crippen LogP contribution in [-0.2, 0) is 13.0 Å². The molecule has 0 aliphatic heterocycles. The van der Waals surface area contributed by atoms with E-state index in [4.69, 9.17) is 0 Å². The van der Waals surface area contributed by atoms with Crippen LogP contribution >= 0.6 is 0 Å². The molecular formula is C14H27N3. The highest BCUT2D eigenvalue weighted by molar-refractivity contribution is 5.24. The Balaban J connectivity index is 2.68. The van der Waals surface area contributed by atoms with Gasteiger partial charge in [0.05, 0.1) is 5.69 Å². The van der Waals surface area contributed by atoms with Crippen molar-refractivity contribution in [3.8, 4) is 0 Å². The van der Waals surface area contributed by atoms with Gasteiger partial charge in [-0.05, 0) is 38.3 Å². The first-order chi connectivity index (χ1) is 7.91. The molecule has 0 atom stereocenters. The van der Waals surface area contributed by atoms with E-state index >= 15 is 0 Å². The minimum Gasteiger partial charge on any atom is -0.314 e. The molecule has 0 aliphatic carbocycles. The molecule has 3 nitrogen and oxygen atoms in total. The summed E-state index contributed by atoms with van der Waals surface area (Å²) in [6.07, 6.45) is 1.08. The average molecular weight is 237 g/mol. The first-order valence-electron chi connectivity index (χ1n) is 6.68. The fraction of sp³-hybridized carbons (Fsp3) is 0.786. The molecule has 17 heavy (non-hydrogen) atoms. The molecule has 0 fully saturated rings. The largest absolute Gasteiger partial charge is 0.314 e. The maximum atomic E-state index is 4.64. The van der Waals surface area contributed by atoms with Crippen molar-refractivity contribution in [1.82, 2.24) is 15.1 Å². The lowest BCUT2D eigenvalue weighted by Gasteiger charge is -2.09. The Morgan fingerprint density at radius 2 is 1.82 bits per heavy atom. The van der Waals surface area contributed by atoms with Gasteiger partial charge >= 0.3 is 0 Å². The minimum absolute atomic E-state index is 0.557. The van der Waals surface area contributed by atoms with Gasteiger partial charge in [0.15, 0.2) is 0 Å². The van der Waals surface area contributed by atoms with Crippen molar-refractivity contribution in [2.75, 3.05) is 6.54 Å². The molecule has 0 spiro atoms. The van der Waals surface area contributed by atoms with Crippen molar-refractivity contribution in [1.29, 1.82) is 0 Å². The second-order valence-electron chi connectivity index (χ2n) is 5.58. The van der Waals surface area contributed by atoms with Crippen LogP contribution in [0.2, 0.25) is 0 Å². The quantitative estimate of drug-likeness (QED) is 0.824. The Kier molecular flexibility index (Phi) is 5.19. The number of hydrogen-bond donors (Lipinski definition) is 1. The van der Waals surface area contributed by atoms with Gasteiger partial charge in [0.2, 0.25) is 0 Å². The van der Waals surface area contributed by atoms with E-state index in [1.165, 1.54) is 17.0 Å². The summed E-state index contributed by atoms with van der Waals surface area (Å²) in [6.45, 7) is 15.2. The van der Waals surface area contributed by atoms with Gasteiger partial charge in [-0.1, -0.05) is 27.7 Å². The normalized spacial score (nSPS) is 11.8. The van der Waals surface area contributed by atoms with E-state index in [9.17, 15) is 0 Å². The van der Waals surface area contributed by atoms with Gasteiger partial charge in [0, 0.05) is 18.3 Å². The zero-order chi connectivity index (χ0) is 13.0. The van der Waals surface area contributed by atoms with Crippen LogP contribution in [0.3, 0.4) is 0 Å². The lowest BCUT2D eigenvalue weighted by atomic mass is 10.1. The smallest absolute Gasteiger partial charge is 0.0628 e. The first-order valence-corrected chi connectivity index (χ1v) is 6.68. The molecule has 98 valence electrons. The molecule has 0 aromatic carbocycles. The Hall–Kier alpha value is -0.830. The molecule has 1 rings (SSSR count). The lowest BCUT2D eigenvalue weighted by molar-refractivity contribution is 0.472. The summed E-state index contributed by atoms with van der Waals surface area (Å²) in [5, 5.41) is 8.10. The van der Waals surface area contributed by atoms with Gasteiger partial charge < -0.3 is 5.32 Å². The summed E-state index contributed by atoms with van der Waals surface area (Å²) < 4.78 is 2.16. The maximum absolute atomic E-state index is 4.64. The summed E-state index contributed by atoms with van der Waals surface area (Å²) in [5.41, 5.74) is 3.94. The molecule has 0 saturated carbocycles. The highest BCUT2D eigenvalue weighted by Gasteiger charge is 2.11. The monoisotopic (exact) mass is 237 g/mol. The molecule has 0 aliphatic rings. The zero-order valence-corrected chi connectivity index (χ0v) is 12.2. The number of rotatable bonds is 6. The zero-order valence-electron chi connectivity index (χ0n) is 12.2. The third kappa shape index (κ3) is 4.15. The summed E-state index contributed by atoms with van der Waals surface area (Å²) in [5.74, 6) is 0.648. The molecular weight excluding hydrogens is 210 g/mol. The van der Waals surface area contributed by atoms with Crippen LogP contribution in [0.25, 0.3) is 0 Å². The van der Waals surface area contributed by atoms with Crippen LogP contribution in [0.1, 0.15) is 44.6 Å². The molecule has 3 heteroatoms. The highest BCUT2D eigenvalue weighted by atomic mass is 15.3. The molecule has 1 N–H and O–H groups in total. The van der Waals surface area contributed by atoms with Crippen molar-refractivity contribution in [2.45, 2.75) is 60.5 Å². The Morgan fingerprint density at radius 1 is 1.18 bits per heavy atom. The minimum atomic E-state index is 0.557. The number of nitrogens with zero attached hydrogens (tertiary/aromatic N) is 2. The molecule has 0 unspecified atom stereocenters. The van der Waals surface area contributed by atoms with Gasteiger partial charge in [-0.15, -0.1) is 0 Å². The Labute approximate surface area is 106 Å². The van der Waals surface area contributed by atoms with E-state index in [0.717, 1.165) is 19.5 Å². The summed E-state index contributed by atoms with van der Waals surface area (Å²) in [7, 11) is 0. The first kappa shape index (κ1) is 14.2. The topological polar surface area (TPSA) is 29.9 Å². The van der Waals surface area contributed by atoms with Crippen LogP contribution in [0.15, 0.2) is 0 Å². The summed E-state index contributed by atoms with van der Waals surface area (Å²) >= 11 is 0. The van der Waals surface area contributed by atoms with Crippen LogP contribution in [0.4, 0.5) is 0 Å². The summed E-state index contributed by atoms with van der Waals surface area (Å²) in [6, 6.07) is 0.557. The lowest BCUT2D eigenvalue weighted by Crippen LogP contribution is -2.25. The Bertz CT molecular complexity index is 351. The third-order valence-electron chi connectivity index (χ3n) is 3.00.